The van der Waals surface area contributed by atoms with E-state index in [1.165, 1.54) is 20.8 Å². The summed E-state index contributed by atoms with van der Waals surface area (Å²) in [5.74, 6) is -6.40. The van der Waals surface area contributed by atoms with E-state index in [0.29, 0.717) is 4.90 Å². The molecule has 0 aliphatic rings. The predicted molar refractivity (Wildman–Crippen MR) is 43.5 cm³/mol. The first-order valence-electron chi connectivity index (χ1n) is 4.22. The molecule has 84 valence electrons. The summed E-state index contributed by atoms with van der Waals surface area (Å²) in [6.45, 7) is 4.42. The van der Waals surface area contributed by atoms with Crippen molar-refractivity contribution in [3.8, 4) is 0 Å². The van der Waals surface area contributed by atoms with Crippen LogP contribution in [0.2, 0.25) is 0 Å². The summed E-state index contributed by atoms with van der Waals surface area (Å²) in [5, 5.41) is 0. The van der Waals surface area contributed by atoms with E-state index in [2.05, 4.69) is 0 Å². The summed E-state index contributed by atoms with van der Waals surface area (Å²) >= 11 is 0. The zero-order valence-corrected chi connectivity index (χ0v) is 8.23. The van der Waals surface area contributed by atoms with Crippen molar-refractivity contribution in [3.05, 3.63) is 0 Å². The van der Waals surface area contributed by atoms with Crippen LogP contribution in [0, 0.1) is 0 Å². The minimum atomic E-state index is -4.58. The molecule has 0 bridgehead atoms. The fourth-order valence-electron chi connectivity index (χ4n) is 1.03. The van der Waals surface area contributed by atoms with E-state index in [9.17, 15) is 22.4 Å². The van der Waals surface area contributed by atoms with E-state index >= 15 is 0 Å². The number of hydrogen-bond acceptors (Lipinski definition) is 1. The van der Waals surface area contributed by atoms with Crippen molar-refractivity contribution >= 4 is 5.91 Å². The smallest absolute Gasteiger partial charge is 0.335 e. The quantitative estimate of drug-likeness (QED) is 0.658. The van der Waals surface area contributed by atoms with Crippen molar-refractivity contribution in [3.63, 3.8) is 0 Å². The van der Waals surface area contributed by atoms with Crippen molar-refractivity contribution in [2.75, 3.05) is 6.54 Å². The molecule has 0 spiro atoms. The van der Waals surface area contributed by atoms with Gasteiger partial charge in [0.25, 0.3) is 5.91 Å². The van der Waals surface area contributed by atoms with Gasteiger partial charge in [-0.1, -0.05) is 0 Å². The maximum atomic E-state index is 12.6. The fraction of sp³-hybridized carbons (Fsp3) is 0.875. The van der Waals surface area contributed by atoms with Gasteiger partial charge in [-0.2, -0.15) is 8.78 Å². The van der Waals surface area contributed by atoms with E-state index < -0.39 is 24.3 Å². The van der Waals surface area contributed by atoms with Gasteiger partial charge in [-0.25, -0.2) is 8.78 Å². The van der Waals surface area contributed by atoms with Crippen LogP contribution in [-0.2, 0) is 4.79 Å². The van der Waals surface area contributed by atoms with Gasteiger partial charge < -0.3 is 4.90 Å². The largest absolute Gasteiger partial charge is 0.383 e. The highest BCUT2D eigenvalue weighted by molar-refractivity contribution is 5.84. The van der Waals surface area contributed by atoms with Gasteiger partial charge in [0.1, 0.15) is 0 Å². The van der Waals surface area contributed by atoms with Crippen LogP contribution < -0.4 is 0 Å². The average molecular weight is 215 g/mol. The Hall–Kier alpha value is -0.810. The van der Waals surface area contributed by atoms with E-state index in [1.54, 1.807) is 0 Å². The minimum Gasteiger partial charge on any atom is -0.335 e. The molecule has 1 amide bonds. The highest BCUT2D eigenvalue weighted by atomic mass is 19.3. The number of rotatable bonds is 4. The number of nitrogens with zero attached hydrogens (tertiary/aromatic N) is 1. The Morgan fingerprint density at radius 1 is 1.36 bits per heavy atom. The second kappa shape index (κ2) is 4.61. The van der Waals surface area contributed by atoms with E-state index in [4.69, 9.17) is 0 Å². The standard InChI is InChI=1S/C8H13F4NO/c1-4-13(5(2)3)7(14)8(11,12)6(9)10/h5-6H,4H2,1-3H3. The van der Waals surface area contributed by atoms with Gasteiger partial charge in [0.2, 0.25) is 0 Å². The predicted octanol–water partition coefficient (Wildman–Crippen LogP) is 2.14. The normalized spacial score (nSPS) is 12.4. The third-order valence-corrected chi connectivity index (χ3v) is 1.78. The number of halogens is 4. The van der Waals surface area contributed by atoms with Crippen LogP contribution in [0.5, 0.6) is 0 Å². The number of hydrogen-bond donors (Lipinski definition) is 0. The lowest BCUT2D eigenvalue weighted by Crippen LogP contribution is -2.50. The molecule has 0 aliphatic heterocycles. The van der Waals surface area contributed by atoms with Crippen LogP contribution in [0.1, 0.15) is 20.8 Å². The van der Waals surface area contributed by atoms with Gasteiger partial charge in [0.05, 0.1) is 0 Å². The molecular weight excluding hydrogens is 202 g/mol. The summed E-state index contributed by atoms with van der Waals surface area (Å²) < 4.78 is 48.8. The second-order valence-electron chi connectivity index (χ2n) is 3.11. The van der Waals surface area contributed by atoms with Gasteiger partial charge in [0.15, 0.2) is 0 Å². The van der Waals surface area contributed by atoms with Crippen LogP contribution in [0.15, 0.2) is 0 Å². The van der Waals surface area contributed by atoms with Gasteiger partial charge in [-0.15, -0.1) is 0 Å². The molecule has 0 aromatic rings. The topological polar surface area (TPSA) is 20.3 Å². The molecule has 0 fully saturated rings. The van der Waals surface area contributed by atoms with Gasteiger partial charge in [0, 0.05) is 12.6 Å². The molecule has 0 aromatic carbocycles. The van der Waals surface area contributed by atoms with E-state index in [1.807, 2.05) is 0 Å². The van der Waals surface area contributed by atoms with Crippen molar-refractivity contribution in [1.29, 1.82) is 0 Å². The molecule has 0 aromatic heterocycles. The highest BCUT2D eigenvalue weighted by Crippen LogP contribution is 2.26. The monoisotopic (exact) mass is 215 g/mol. The van der Waals surface area contributed by atoms with Crippen LogP contribution in [0.4, 0.5) is 17.6 Å². The second-order valence-corrected chi connectivity index (χ2v) is 3.11. The Labute approximate surface area is 79.9 Å². The zero-order chi connectivity index (χ0) is 11.5. The van der Waals surface area contributed by atoms with Gasteiger partial charge >= 0.3 is 12.3 Å². The summed E-state index contributed by atoms with van der Waals surface area (Å²) in [5.41, 5.74) is 0. The van der Waals surface area contributed by atoms with Gasteiger partial charge in [-0.3, -0.25) is 4.79 Å². The number of carbonyl (C=O) groups excluding carboxylic acids is 1. The highest BCUT2D eigenvalue weighted by Gasteiger charge is 2.51. The minimum absolute atomic E-state index is 0.0151. The lowest BCUT2D eigenvalue weighted by atomic mass is 10.2. The summed E-state index contributed by atoms with van der Waals surface area (Å²) in [6.07, 6.45) is -3.96. The first-order chi connectivity index (χ1) is 6.25. The van der Waals surface area contributed by atoms with E-state index in [0.717, 1.165) is 0 Å². The molecule has 14 heavy (non-hydrogen) atoms. The van der Waals surface area contributed by atoms with Crippen LogP contribution in [0.25, 0.3) is 0 Å². The van der Waals surface area contributed by atoms with Crippen molar-refractivity contribution in [2.45, 2.75) is 39.2 Å². The molecule has 0 saturated carbocycles. The Balaban J connectivity index is 4.74. The van der Waals surface area contributed by atoms with Crippen LogP contribution in [-0.4, -0.2) is 35.7 Å². The van der Waals surface area contributed by atoms with Crippen LogP contribution >= 0.6 is 0 Å². The average Bonchev–Trinajstić information content (AvgIpc) is 2.04. The zero-order valence-electron chi connectivity index (χ0n) is 8.23. The van der Waals surface area contributed by atoms with Crippen molar-refractivity contribution < 1.29 is 22.4 Å². The van der Waals surface area contributed by atoms with Crippen molar-refractivity contribution in [1.82, 2.24) is 4.90 Å². The van der Waals surface area contributed by atoms with E-state index in [-0.39, 0.29) is 6.54 Å². The third kappa shape index (κ3) is 2.59. The maximum Gasteiger partial charge on any atom is 0.383 e. The molecule has 0 saturated heterocycles. The fourth-order valence-corrected chi connectivity index (χ4v) is 1.03. The molecule has 0 rings (SSSR count). The Morgan fingerprint density at radius 3 is 2.00 bits per heavy atom. The summed E-state index contributed by atoms with van der Waals surface area (Å²) in [4.78, 5) is 11.7. The molecule has 0 atom stereocenters. The lowest BCUT2D eigenvalue weighted by molar-refractivity contribution is -0.182. The maximum absolute atomic E-state index is 12.6. The first-order valence-corrected chi connectivity index (χ1v) is 4.22. The molecule has 0 unspecified atom stereocenters. The summed E-state index contributed by atoms with van der Waals surface area (Å²) in [7, 11) is 0. The first kappa shape index (κ1) is 13.2. The molecular formula is C8H13F4NO. The molecule has 0 aliphatic carbocycles. The summed E-state index contributed by atoms with van der Waals surface area (Å²) in [6, 6.07) is -0.517. The Kier molecular flexibility index (Phi) is 4.35. The molecule has 0 heterocycles. The third-order valence-electron chi connectivity index (χ3n) is 1.78. The SMILES string of the molecule is CCN(C(=O)C(F)(F)C(F)F)C(C)C. The molecule has 2 nitrogen and oxygen atoms in total. The molecule has 0 N–H and O–H groups in total. The Morgan fingerprint density at radius 2 is 1.79 bits per heavy atom. The molecule has 0 radical (unpaired) electrons. The van der Waals surface area contributed by atoms with Crippen molar-refractivity contribution in [2.24, 2.45) is 0 Å². The lowest BCUT2D eigenvalue weighted by Gasteiger charge is -2.28. The van der Waals surface area contributed by atoms with Crippen LogP contribution in [0.3, 0.4) is 0 Å². The number of amides is 1. The molecule has 6 heteroatoms. The number of alkyl halides is 4. The number of carbonyl (C=O) groups is 1. The van der Waals surface area contributed by atoms with Gasteiger partial charge in [-0.05, 0) is 20.8 Å². The Bertz CT molecular complexity index is 206.